The Morgan fingerprint density at radius 3 is 2.57 bits per heavy atom. The maximum absolute atomic E-state index is 11.3. The smallest absolute Gasteiger partial charge is 0.159 e. The number of ketones is 1. The molecule has 0 bridgehead atoms. The SMILES string of the molecule is CCCCCCC#CCCCOc1cccc(C(C)=O)c1. The van der Waals surface area contributed by atoms with E-state index in [2.05, 4.69) is 18.8 Å². The molecule has 0 aromatic heterocycles. The van der Waals surface area contributed by atoms with Gasteiger partial charge in [-0.15, -0.1) is 11.8 Å². The quantitative estimate of drug-likeness (QED) is 0.362. The van der Waals surface area contributed by atoms with Gasteiger partial charge in [-0.05, 0) is 31.9 Å². The molecule has 2 nitrogen and oxygen atoms in total. The highest BCUT2D eigenvalue weighted by atomic mass is 16.5. The van der Waals surface area contributed by atoms with Crippen molar-refractivity contribution >= 4 is 5.78 Å². The van der Waals surface area contributed by atoms with Crippen LogP contribution in [-0.4, -0.2) is 12.4 Å². The fourth-order valence-electron chi connectivity index (χ4n) is 1.97. The van der Waals surface area contributed by atoms with Gasteiger partial charge in [0.25, 0.3) is 0 Å². The second-order valence-corrected chi connectivity index (χ2v) is 5.20. The summed E-state index contributed by atoms with van der Waals surface area (Å²) in [5.74, 6) is 7.23. The summed E-state index contributed by atoms with van der Waals surface area (Å²) in [5.41, 5.74) is 0.694. The molecular weight excluding hydrogens is 260 g/mol. The molecule has 0 saturated carbocycles. The van der Waals surface area contributed by atoms with Gasteiger partial charge in [0.2, 0.25) is 0 Å². The molecule has 0 heterocycles. The zero-order valence-corrected chi connectivity index (χ0v) is 13.3. The Morgan fingerprint density at radius 2 is 1.86 bits per heavy atom. The van der Waals surface area contributed by atoms with Crippen LogP contribution < -0.4 is 4.74 Å². The van der Waals surface area contributed by atoms with Gasteiger partial charge in [-0.25, -0.2) is 0 Å². The minimum atomic E-state index is 0.0642. The predicted octanol–water partition coefficient (Wildman–Crippen LogP) is 5.02. The number of hydrogen-bond donors (Lipinski definition) is 0. The molecule has 0 aliphatic rings. The van der Waals surface area contributed by atoms with Gasteiger partial charge < -0.3 is 4.74 Å². The number of carbonyl (C=O) groups excluding carboxylic acids is 1. The van der Waals surface area contributed by atoms with Crippen molar-refractivity contribution in [2.45, 2.75) is 58.8 Å². The fourth-order valence-corrected chi connectivity index (χ4v) is 1.97. The lowest BCUT2D eigenvalue weighted by Crippen LogP contribution is -1.98. The van der Waals surface area contributed by atoms with Gasteiger partial charge in [0.1, 0.15) is 5.75 Å². The van der Waals surface area contributed by atoms with E-state index in [9.17, 15) is 4.79 Å². The molecule has 0 aliphatic carbocycles. The first-order valence-electron chi connectivity index (χ1n) is 7.93. The van der Waals surface area contributed by atoms with E-state index in [0.717, 1.165) is 25.0 Å². The van der Waals surface area contributed by atoms with E-state index in [4.69, 9.17) is 4.74 Å². The number of unbranched alkanes of at least 4 members (excludes halogenated alkanes) is 5. The maximum atomic E-state index is 11.3. The van der Waals surface area contributed by atoms with Crippen LogP contribution in [0.15, 0.2) is 24.3 Å². The van der Waals surface area contributed by atoms with Crippen LogP contribution in [0.25, 0.3) is 0 Å². The van der Waals surface area contributed by atoms with Gasteiger partial charge in [0.05, 0.1) is 6.61 Å². The first-order valence-corrected chi connectivity index (χ1v) is 7.93. The summed E-state index contributed by atoms with van der Waals surface area (Å²) in [6.07, 6.45) is 7.91. The van der Waals surface area contributed by atoms with E-state index >= 15 is 0 Å². The first kappa shape index (κ1) is 17.3. The molecule has 0 saturated heterocycles. The Morgan fingerprint density at radius 1 is 1.10 bits per heavy atom. The van der Waals surface area contributed by atoms with Crippen LogP contribution in [0.3, 0.4) is 0 Å². The molecule has 114 valence electrons. The lowest BCUT2D eigenvalue weighted by atomic mass is 10.1. The molecule has 0 radical (unpaired) electrons. The van der Waals surface area contributed by atoms with E-state index in [0.29, 0.717) is 12.2 Å². The molecule has 0 amide bonds. The average molecular weight is 286 g/mol. The lowest BCUT2D eigenvalue weighted by molar-refractivity contribution is 0.101. The zero-order valence-electron chi connectivity index (χ0n) is 13.3. The molecule has 0 atom stereocenters. The van der Waals surface area contributed by atoms with Crippen LogP contribution in [0.5, 0.6) is 5.75 Å². The Balaban J connectivity index is 2.13. The predicted molar refractivity (Wildman–Crippen MR) is 87.7 cm³/mol. The van der Waals surface area contributed by atoms with Gasteiger partial charge in [-0.3, -0.25) is 4.79 Å². The summed E-state index contributed by atoms with van der Waals surface area (Å²) < 4.78 is 5.64. The summed E-state index contributed by atoms with van der Waals surface area (Å²) in [7, 11) is 0. The van der Waals surface area contributed by atoms with Crippen LogP contribution in [0.1, 0.15) is 69.2 Å². The number of Topliss-reactive ketones (excluding diaryl/α,β-unsaturated/α-hetero) is 1. The monoisotopic (exact) mass is 286 g/mol. The van der Waals surface area contributed by atoms with Crippen LogP contribution in [0, 0.1) is 11.8 Å². The number of hydrogen-bond acceptors (Lipinski definition) is 2. The molecule has 0 N–H and O–H groups in total. The maximum Gasteiger partial charge on any atom is 0.159 e. The molecule has 0 spiro atoms. The normalized spacial score (nSPS) is 9.81. The van der Waals surface area contributed by atoms with Crippen molar-refractivity contribution in [1.29, 1.82) is 0 Å². The lowest BCUT2D eigenvalue weighted by Gasteiger charge is -2.05. The molecule has 1 rings (SSSR count). The first-order chi connectivity index (χ1) is 10.2. The van der Waals surface area contributed by atoms with E-state index in [1.165, 1.54) is 25.7 Å². The van der Waals surface area contributed by atoms with Crippen molar-refractivity contribution in [2.24, 2.45) is 0 Å². The highest BCUT2D eigenvalue weighted by Crippen LogP contribution is 2.14. The van der Waals surface area contributed by atoms with Gasteiger partial charge in [-0.2, -0.15) is 0 Å². The number of benzene rings is 1. The fraction of sp³-hybridized carbons (Fsp3) is 0.526. The molecule has 2 heteroatoms. The summed E-state index contributed by atoms with van der Waals surface area (Å²) in [6, 6.07) is 7.33. The Kier molecular flexibility index (Phi) is 9.04. The number of carbonyl (C=O) groups is 1. The molecule has 0 aliphatic heterocycles. The standard InChI is InChI=1S/C19H26O2/c1-3-4-5-6-7-8-9-10-11-15-21-19-14-12-13-18(16-19)17(2)20/h12-14,16H,3-7,10-11,15H2,1-2H3. The Bertz CT molecular complexity index is 480. The average Bonchev–Trinajstić information content (AvgIpc) is 2.49. The van der Waals surface area contributed by atoms with E-state index in [1.807, 2.05) is 12.1 Å². The topological polar surface area (TPSA) is 26.3 Å². The van der Waals surface area contributed by atoms with Crippen molar-refractivity contribution in [3.05, 3.63) is 29.8 Å². The van der Waals surface area contributed by atoms with Crippen molar-refractivity contribution in [1.82, 2.24) is 0 Å². The van der Waals surface area contributed by atoms with Gasteiger partial charge >= 0.3 is 0 Å². The third kappa shape index (κ3) is 8.19. The van der Waals surface area contributed by atoms with Crippen molar-refractivity contribution in [3.63, 3.8) is 0 Å². The van der Waals surface area contributed by atoms with Crippen LogP contribution in [0.4, 0.5) is 0 Å². The van der Waals surface area contributed by atoms with E-state index in [-0.39, 0.29) is 5.78 Å². The van der Waals surface area contributed by atoms with E-state index in [1.54, 1.807) is 19.1 Å². The minimum absolute atomic E-state index is 0.0642. The molecule has 21 heavy (non-hydrogen) atoms. The summed E-state index contributed by atoms with van der Waals surface area (Å²) in [5, 5.41) is 0. The van der Waals surface area contributed by atoms with Crippen molar-refractivity contribution in [3.8, 4) is 17.6 Å². The van der Waals surface area contributed by atoms with Crippen LogP contribution in [-0.2, 0) is 0 Å². The zero-order chi connectivity index (χ0) is 15.3. The van der Waals surface area contributed by atoms with Gasteiger partial charge in [0, 0.05) is 18.4 Å². The summed E-state index contributed by atoms with van der Waals surface area (Å²) in [6.45, 7) is 4.43. The second-order valence-electron chi connectivity index (χ2n) is 5.20. The highest BCUT2D eigenvalue weighted by molar-refractivity contribution is 5.94. The van der Waals surface area contributed by atoms with Gasteiger partial charge in [-0.1, -0.05) is 38.3 Å². The van der Waals surface area contributed by atoms with Crippen molar-refractivity contribution in [2.75, 3.05) is 6.61 Å². The summed E-state index contributed by atoms with van der Waals surface area (Å²) >= 11 is 0. The molecular formula is C19H26O2. The second kappa shape index (κ2) is 11.0. The third-order valence-electron chi connectivity index (χ3n) is 3.24. The Labute approximate surface area is 128 Å². The largest absolute Gasteiger partial charge is 0.494 e. The number of ether oxygens (including phenoxy) is 1. The molecule has 0 fully saturated rings. The Hall–Kier alpha value is -1.75. The molecule has 1 aromatic carbocycles. The third-order valence-corrected chi connectivity index (χ3v) is 3.24. The number of rotatable bonds is 9. The van der Waals surface area contributed by atoms with Crippen LogP contribution in [0.2, 0.25) is 0 Å². The highest BCUT2D eigenvalue weighted by Gasteiger charge is 2.00. The van der Waals surface area contributed by atoms with Crippen LogP contribution >= 0.6 is 0 Å². The molecule has 1 aromatic rings. The van der Waals surface area contributed by atoms with E-state index < -0.39 is 0 Å². The minimum Gasteiger partial charge on any atom is -0.494 e. The summed E-state index contributed by atoms with van der Waals surface area (Å²) in [4.78, 5) is 11.3. The molecule has 0 unspecified atom stereocenters. The van der Waals surface area contributed by atoms with Crippen molar-refractivity contribution < 1.29 is 9.53 Å². The van der Waals surface area contributed by atoms with Gasteiger partial charge in [0.15, 0.2) is 5.78 Å².